The maximum absolute atomic E-state index is 12.1. The lowest BCUT2D eigenvalue weighted by molar-refractivity contribution is -0.146. The highest BCUT2D eigenvalue weighted by Crippen LogP contribution is 2.28. The van der Waals surface area contributed by atoms with Crippen molar-refractivity contribution in [3.8, 4) is 0 Å². The molecule has 3 heterocycles. The van der Waals surface area contributed by atoms with Crippen LogP contribution in [-0.4, -0.2) is 85.7 Å². The lowest BCUT2D eigenvalue weighted by Crippen LogP contribution is -2.44. The molecule has 2 N–H and O–H groups in total. The van der Waals surface area contributed by atoms with E-state index in [0.29, 0.717) is 29.9 Å². The van der Waals surface area contributed by atoms with Gasteiger partial charge in [0.05, 0.1) is 12.8 Å². The fourth-order valence-corrected chi connectivity index (χ4v) is 4.49. The van der Waals surface area contributed by atoms with Gasteiger partial charge in [-0.25, -0.2) is 4.98 Å². The summed E-state index contributed by atoms with van der Waals surface area (Å²) in [5, 5.41) is 6.58. The largest absolute Gasteiger partial charge is 0.466 e. The summed E-state index contributed by atoms with van der Waals surface area (Å²) >= 11 is 6.40. The van der Waals surface area contributed by atoms with E-state index in [1.54, 1.807) is 13.1 Å². The van der Waals surface area contributed by atoms with Crippen LogP contribution in [0.3, 0.4) is 0 Å². The molecule has 1 atom stereocenters. The number of anilines is 4. The van der Waals surface area contributed by atoms with Crippen molar-refractivity contribution >= 4 is 46.6 Å². The highest BCUT2D eigenvalue weighted by atomic mass is 35.5. The van der Waals surface area contributed by atoms with Gasteiger partial charge in [-0.15, -0.1) is 0 Å². The average molecular weight is 502 g/mol. The van der Waals surface area contributed by atoms with Gasteiger partial charge in [0.1, 0.15) is 11.4 Å². The van der Waals surface area contributed by atoms with Crippen LogP contribution < -0.4 is 20.4 Å². The van der Waals surface area contributed by atoms with E-state index in [2.05, 4.69) is 49.6 Å². The Bertz CT molecular complexity index is 1030. The normalized spacial score (nSPS) is 18.4. The molecule has 0 bridgehead atoms. The van der Waals surface area contributed by atoms with Gasteiger partial charge in [-0.2, -0.15) is 4.98 Å². The highest BCUT2D eigenvalue weighted by Gasteiger charge is 2.27. The Hall–Kier alpha value is -3.11. The number of esters is 1. The Balaban J connectivity index is 1.34. The molecule has 4 rings (SSSR count). The van der Waals surface area contributed by atoms with E-state index in [1.165, 1.54) is 5.69 Å². The van der Waals surface area contributed by atoms with Crippen molar-refractivity contribution in [2.45, 2.75) is 25.8 Å². The molecule has 0 unspecified atom stereocenters. The Morgan fingerprint density at radius 1 is 1.11 bits per heavy atom. The summed E-state index contributed by atoms with van der Waals surface area (Å²) in [5.41, 5.74) is 2.09. The minimum absolute atomic E-state index is 0.0958. The zero-order valence-corrected chi connectivity index (χ0v) is 20.9. The number of nitrogens with one attached hydrogen (secondary N) is 2. The van der Waals surface area contributed by atoms with E-state index in [9.17, 15) is 9.59 Å². The first-order chi connectivity index (χ1) is 16.9. The van der Waals surface area contributed by atoms with Crippen molar-refractivity contribution in [2.24, 2.45) is 0 Å². The van der Waals surface area contributed by atoms with E-state index < -0.39 is 5.97 Å². The molecule has 0 aliphatic carbocycles. The van der Waals surface area contributed by atoms with Crippen LogP contribution in [0.25, 0.3) is 0 Å². The van der Waals surface area contributed by atoms with Crippen LogP contribution in [0.5, 0.6) is 0 Å². The quantitative estimate of drug-likeness (QED) is 0.416. The third kappa shape index (κ3) is 6.73. The fraction of sp³-hybridized carbons (Fsp3) is 0.500. The van der Waals surface area contributed by atoms with E-state index in [0.717, 1.165) is 38.3 Å². The predicted molar refractivity (Wildman–Crippen MR) is 136 cm³/mol. The number of carbonyl (C=O) groups excluding carboxylic acids is 2. The number of nitrogens with zero attached hydrogens (tertiary/aromatic N) is 5. The number of likely N-dealkylation sites (N-methyl/N-ethyl adjacent to an activating group) is 1. The topological polar surface area (TPSA) is 103 Å². The fourth-order valence-electron chi connectivity index (χ4n) is 4.28. The summed E-state index contributed by atoms with van der Waals surface area (Å²) in [6.07, 6.45) is 2.03. The van der Waals surface area contributed by atoms with E-state index >= 15 is 0 Å². The second-order valence-electron chi connectivity index (χ2n) is 8.81. The number of piperazine rings is 1. The van der Waals surface area contributed by atoms with Gasteiger partial charge in [-0.1, -0.05) is 11.6 Å². The second-order valence-corrected chi connectivity index (χ2v) is 9.22. The van der Waals surface area contributed by atoms with Crippen LogP contribution in [0.2, 0.25) is 5.02 Å². The van der Waals surface area contributed by atoms with Crippen LogP contribution in [0, 0.1) is 0 Å². The molecular formula is C24H32ClN7O3. The molecule has 2 aliphatic heterocycles. The Labute approximate surface area is 210 Å². The van der Waals surface area contributed by atoms with Gasteiger partial charge in [-0.05, 0) is 44.7 Å². The van der Waals surface area contributed by atoms with Crippen LogP contribution in [-0.2, 0) is 14.3 Å². The van der Waals surface area contributed by atoms with Crippen LogP contribution >= 0.6 is 11.6 Å². The molecular weight excluding hydrogens is 470 g/mol. The number of carbonyl (C=O) groups is 2. The SMILES string of the molecule is CCOC(=O)CC(=O)N[C@@H]1CCN(c2nc(Nc3ccc(N4CCN(C)CC4)cc3)ncc2Cl)C1. The van der Waals surface area contributed by atoms with E-state index in [-0.39, 0.29) is 25.0 Å². The molecule has 0 saturated carbocycles. The van der Waals surface area contributed by atoms with Gasteiger partial charge in [-0.3, -0.25) is 9.59 Å². The molecule has 0 radical (unpaired) electrons. The van der Waals surface area contributed by atoms with Gasteiger partial charge < -0.3 is 30.1 Å². The summed E-state index contributed by atoms with van der Waals surface area (Å²) in [7, 11) is 2.15. The van der Waals surface area contributed by atoms with Crippen molar-refractivity contribution in [3.63, 3.8) is 0 Å². The number of amides is 1. The van der Waals surface area contributed by atoms with E-state index in [4.69, 9.17) is 16.3 Å². The first kappa shape index (κ1) is 25.0. The van der Waals surface area contributed by atoms with E-state index in [1.807, 2.05) is 17.0 Å². The standard InChI is InChI=1S/C24H32ClN7O3/c1-3-35-22(34)14-21(33)27-18-8-9-32(16-18)23-20(25)15-26-24(29-23)28-17-4-6-19(7-5-17)31-12-10-30(2)11-13-31/h4-7,15,18H,3,8-14,16H2,1-2H3,(H,27,33)(H,26,28,29)/t18-/m1/s1. The van der Waals surface area contributed by atoms with Gasteiger partial charge in [0, 0.05) is 56.7 Å². The van der Waals surface area contributed by atoms with Gasteiger partial charge in [0.2, 0.25) is 11.9 Å². The minimum Gasteiger partial charge on any atom is -0.466 e. The number of hydrogen-bond acceptors (Lipinski definition) is 9. The molecule has 2 aromatic rings. The smallest absolute Gasteiger partial charge is 0.315 e. The zero-order valence-electron chi connectivity index (χ0n) is 20.2. The number of aromatic nitrogens is 2. The molecule has 0 spiro atoms. The molecule has 188 valence electrons. The molecule has 1 aromatic carbocycles. The Kier molecular flexibility index (Phi) is 8.25. The third-order valence-electron chi connectivity index (χ3n) is 6.18. The number of hydrogen-bond donors (Lipinski definition) is 2. The first-order valence-corrected chi connectivity index (χ1v) is 12.3. The number of halogens is 1. The molecule has 2 saturated heterocycles. The van der Waals surface area contributed by atoms with Crippen molar-refractivity contribution in [1.29, 1.82) is 0 Å². The van der Waals surface area contributed by atoms with Crippen LogP contribution in [0.1, 0.15) is 19.8 Å². The maximum atomic E-state index is 12.1. The van der Waals surface area contributed by atoms with Gasteiger partial charge in [0.15, 0.2) is 5.82 Å². The molecule has 10 nitrogen and oxygen atoms in total. The lowest BCUT2D eigenvalue weighted by atomic mass is 10.2. The summed E-state index contributed by atoms with van der Waals surface area (Å²) < 4.78 is 4.83. The molecule has 1 aromatic heterocycles. The Morgan fingerprint density at radius 3 is 2.57 bits per heavy atom. The first-order valence-electron chi connectivity index (χ1n) is 11.9. The average Bonchev–Trinajstić information content (AvgIpc) is 3.29. The van der Waals surface area contributed by atoms with Crippen LogP contribution in [0.4, 0.5) is 23.1 Å². The summed E-state index contributed by atoms with van der Waals surface area (Å²) in [6, 6.07) is 8.16. The Morgan fingerprint density at radius 2 is 1.86 bits per heavy atom. The highest BCUT2D eigenvalue weighted by molar-refractivity contribution is 6.32. The second kappa shape index (κ2) is 11.5. The predicted octanol–water partition coefficient (Wildman–Crippen LogP) is 2.27. The van der Waals surface area contributed by atoms with Crippen molar-refractivity contribution < 1.29 is 14.3 Å². The third-order valence-corrected chi connectivity index (χ3v) is 6.45. The van der Waals surface area contributed by atoms with Gasteiger partial charge >= 0.3 is 5.97 Å². The minimum atomic E-state index is -0.522. The molecule has 11 heteroatoms. The summed E-state index contributed by atoms with van der Waals surface area (Å²) in [4.78, 5) is 39.3. The molecule has 1 amide bonds. The maximum Gasteiger partial charge on any atom is 0.315 e. The molecule has 2 fully saturated rings. The summed E-state index contributed by atoms with van der Waals surface area (Å²) in [5.74, 6) is 0.198. The van der Waals surface area contributed by atoms with Crippen LogP contribution in [0.15, 0.2) is 30.5 Å². The van der Waals surface area contributed by atoms with Crippen molar-refractivity contribution in [1.82, 2.24) is 20.2 Å². The monoisotopic (exact) mass is 501 g/mol. The van der Waals surface area contributed by atoms with Gasteiger partial charge in [0.25, 0.3) is 0 Å². The molecule has 2 aliphatic rings. The number of rotatable bonds is 8. The number of ether oxygens (including phenoxy) is 1. The molecule has 35 heavy (non-hydrogen) atoms. The zero-order chi connectivity index (χ0) is 24.8. The number of benzene rings is 1. The van der Waals surface area contributed by atoms with Crippen molar-refractivity contribution in [2.75, 3.05) is 68.0 Å². The lowest BCUT2D eigenvalue weighted by Gasteiger charge is -2.34. The summed E-state index contributed by atoms with van der Waals surface area (Å²) in [6.45, 7) is 7.36. The van der Waals surface area contributed by atoms with Crippen molar-refractivity contribution in [3.05, 3.63) is 35.5 Å².